The molecule has 1 aliphatic rings. The van der Waals surface area contributed by atoms with Crippen molar-refractivity contribution < 1.29 is 14.1 Å². The highest BCUT2D eigenvalue weighted by molar-refractivity contribution is 6.01. The van der Waals surface area contributed by atoms with Crippen LogP contribution in [0.25, 0.3) is 0 Å². The number of aromatic nitrogens is 2. The van der Waals surface area contributed by atoms with Crippen LogP contribution in [0.5, 0.6) is 0 Å². The summed E-state index contributed by atoms with van der Waals surface area (Å²) in [6, 6.07) is 1.58. The second kappa shape index (κ2) is 7.81. The Balaban J connectivity index is 1.96. The second-order valence-electron chi connectivity index (χ2n) is 9.61. The van der Waals surface area contributed by atoms with Gasteiger partial charge in [-0.2, -0.15) is 0 Å². The molecule has 1 amide bonds. The zero-order valence-electron chi connectivity index (χ0n) is 18.7. The van der Waals surface area contributed by atoms with Gasteiger partial charge in [-0.1, -0.05) is 32.9 Å². The van der Waals surface area contributed by atoms with Crippen LogP contribution < -0.4 is 0 Å². The minimum Gasteiger partial charge on any atom is -0.364 e. The summed E-state index contributed by atoms with van der Waals surface area (Å²) in [6.45, 7) is 13.5. The monoisotopic (exact) mass is 399 g/mol. The Hall–Kier alpha value is -2.37. The third-order valence-electron chi connectivity index (χ3n) is 6.06. The maximum absolute atomic E-state index is 13.1. The molecule has 3 rings (SSSR count). The number of Topliss-reactive ketones (excluding diaryl/α,β-unsaturated/α-hetero) is 1. The summed E-state index contributed by atoms with van der Waals surface area (Å²) in [4.78, 5) is 27.9. The molecule has 0 saturated heterocycles. The van der Waals surface area contributed by atoms with Crippen LogP contribution in [0.4, 0.5) is 0 Å². The predicted octanol–water partition coefficient (Wildman–Crippen LogP) is 4.36. The molecule has 0 N–H and O–H groups in total. The van der Waals surface area contributed by atoms with E-state index in [-0.39, 0.29) is 29.6 Å². The van der Waals surface area contributed by atoms with Gasteiger partial charge in [0.05, 0.1) is 12.5 Å². The number of likely N-dealkylation sites (N-methyl/N-ethyl adjacent to an activating group) is 1. The van der Waals surface area contributed by atoms with Crippen LogP contribution in [0.15, 0.2) is 16.9 Å². The van der Waals surface area contributed by atoms with E-state index in [4.69, 9.17) is 4.52 Å². The molecule has 158 valence electrons. The van der Waals surface area contributed by atoms with Crippen LogP contribution in [-0.2, 0) is 24.2 Å². The largest absolute Gasteiger partial charge is 0.364 e. The van der Waals surface area contributed by atoms with Crippen LogP contribution in [0, 0.1) is 18.3 Å². The highest BCUT2D eigenvalue weighted by Gasteiger charge is 2.37. The molecule has 1 unspecified atom stereocenters. The van der Waals surface area contributed by atoms with Crippen molar-refractivity contribution in [1.82, 2.24) is 14.6 Å². The lowest BCUT2D eigenvalue weighted by atomic mass is 9.75. The van der Waals surface area contributed by atoms with Crippen molar-refractivity contribution in [3.8, 4) is 0 Å². The molecule has 2 aromatic heterocycles. The predicted molar refractivity (Wildman–Crippen MR) is 112 cm³/mol. The number of fused-ring (bicyclic) bond motifs is 1. The van der Waals surface area contributed by atoms with Crippen molar-refractivity contribution in [3.05, 3.63) is 40.5 Å². The second-order valence-corrected chi connectivity index (χ2v) is 9.61. The third kappa shape index (κ3) is 4.16. The standard InChI is InChI=1S/C23H33N3O3/c1-14(2)13-26-15(3)17(22-19(26)11-23(5,6)12-20(22)27)10-21(28)25(7)16(4)18-8-9-29-24-18/h8-9,14,16H,10-13H2,1-7H3. The third-order valence-corrected chi connectivity index (χ3v) is 6.06. The summed E-state index contributed by atoms with van der Waals surface area (Å²) in [6.07, 6.45) is 3.12. The molecule has 1 atom stereocenters. The average molecular weight is 400 g/mol. The Labute approximate surface area is 173 Å². The summed E-state index contributed by atoms with van der Waals surface area (Å²) in [5, 5.41) is 3.95. The van der Waals surface area contributed by atoms with Gasteiger partial charge in [0.25, 0.3) is 0 Å². The molecule has 0 aliphatic heterocycles. The Morgan fingerprint density at radius 2 is 2.00 bits per heavy atom. The van der Waals surface area contributed by atoms with Crippen molar-refractivity contribution >= 4 is 11.7 Å². The van der Waals surface area contributed by atoms with Crippen molar-refractivity contribution in [2.45, 2.75) is 73.4 Å². The number of hydrogen-bond donors (Lipinski definition) is 0. The highest BCUT2D eigenvalue weighted by atomic mass is 16.5. The zero-order valence-corrected chi connectivity index (χ0v) is 18.7. The normalized spacial score (nSPS) is 16.8. The van der Waals surface area contributed by atoms with Crippen LogP contribution in [0.2, 0.25) is 0 Å². The smallest absolute Gasteiger partial charge is 0.227 e. The van der Waals surface area contributed by atoms with Crippen molar-refractivity contribution in [2.24, 2.45) is 11.3 Å². The number of carbonyl (C=O) groups is 2. The van der Waals surface area contributed by atoms with Gasteiger partial charge in [-0.3, -0.25) is 9.59 Å². The van der Waals surface area contributed by atoms with Crippen LogP contribution >= 0.6 is 0 Å². The van der Waals surface area contributed by atoms with Gasteiger partial charge in [-0.05, 0) is 37.2 Å². The lowest BCUT2D eigenvalue weighted by Gasteiger charge is -2.30. The topological polar surface area (TPSA) is 68.3 Å². The summed E-state index contributed by atoms with van der Waals surface area (Å²) in [7, 11) is 1.78. The van der Waals surface area contributed by atoms with E-state index in [0.29, 0.717) is 12.3 Å². The number of hydrogen-bond acceptors (Lipinski definition) is 4. The average Bonchev–Trinajstić information content (AvgIpc) is 3.23. The van der Waals surface area contributed by atoms with Crippen LogP contribution in [-0.4, -0.2) is 33.4 Å². The fraction of sp³-hybridized carbons (Fsp3) is 0.609. The molecule has 6 heteroatoms. The Morgan fingerprint density at radius 3 is 2.59 bits per heavy atom. The first kappa shape index (κ1) is 21.3. The van der Waals surface area contributed by atoms with E-state index in [1.807, 2.05) is 13.8 Å². The van der Waals surface area contributed by atoms with Crippen molar-refractivity contribution in [3.63, 3.8) is 0 Å². The van der Waals surface area contributed by atoms with Gasteiger partial charge in [0, 0.05) is 43.0 Å². The summed E-state index contributed by atoms with van der Waals surface area (Å²) in [5.74, 6) is 0.603. The minimum absolute atomic E-state index is 0.0225. The molecular formula is C23H33N3O3. The first-order valence-electron chi connectivity index (χ1n) is 10.4. The van der Waals surface area contributed by atoms with Crippen molar-refractivity contribution in [2.75, 3.05) is 7.05 Å². The lowest BCUT2D eigenvalue weighted by molar-refractivity contribution is -0.131. The number of rotatable bonds is 6. The fourth-order valence-corrected chi connectivity index (χ4v) is 4.36. The summed E-state index contributed by atoms with van der Waals surface area (Å²) >= 11 is 0. The van der Waals surface area contributed by atoms with Crippen molar-refractivity contribution in [1.29, 1.82) is 0 Å². The van der Waals surface area contributed by atoms with Gasteiger partial charge in [-0.25, -0.2) is 0 Å². The Morgan fingerprint density at radius 1 is 1.31 bits per heavy atom. The van der Waals surface area contributed by atoms with E-state index in [0.717, 1.165) is 41.2 Å². The molecule has 0 spiro atoms. The minimum atomic E-state index is -0.190. The van der Waals surface area contributed by atoms with E-state index in [9.17, 15) is 9.59 Å². The molecule has 0 saturated carbocycles. The molecule has 2 aromatic rings. The Bertz CT molecular complexity index is 906. The molecule has 1 aliphatic carbocycles. The van der Waals surface area contributed by atoms with Crippen LogP contribution in [0.1, 0.15) is 80.1 Å². The highest BCUT2D eigenvalue weighted by Crippen LogP contribution is 2.39. The van der Waals surface area contributed by atoms with E-state index in [1.165, 1.54) is 6.26 Å². The van der Waals surface area contributed by atoms with Gasteiger partial charge in [0.2, 0.25) is 5.91 Å². The van der Waals surface area contributed by atoms with Gasteiger partial charge in [0.1, 0.15) is 12.0 Å². The lowest BCUT2D eigenvalue weighted by Crippen LogP contribution is -2.32. The quantitative estimate of drug-likeness (QED) is 0.724. The summed E-state index contributed by atoms with van der Waals surface area (Å²) < 4.78 is 7.20. The molecular weight excluding hydrogens is 366 g/mol. The maximum Gasteiger partial charge on any atom is 0.227 e. The molecule has 6 nitrogen and oxygen atoms in total. The molecule has 0 fully saturated rings. The van der Waals surface area contributed by atoms with Gasteiger partial charge >= 0.3 is 0 Å². The maximum atomic E-state index is 13.1. The number of nitrogens with zero attached hydrogens (tertiary/aromatic N) is 3. The van der Waals surface area contributed by atoms with E-state index >= 15 is 0 Å². The number of carbonyl (C=O) groups excluding carboxylic acids is 2. The fourth-order valence-electron chi connectivity index (χ4n) is 4.36. The first-order valence-corrected chi connectivity index (χ1v) is 10.4. The van der Waals surface area contributed by atoms with Gasteiger partial charge in [0.15, 0.2) is 5.78 Å². The molecule has 0 bridgehead atoms. The van der Waals surface area contributed by atoms with Gasteiger partial charge < -0.3 is 14.0 Å². The van der Waals surface area contributed by atoms with Crippen LogP contribution in [0.3, 0.4) is 0 Å². The zero-order chi connectivity index (χ0) is 21.5. The number of ketones is 1. The van der Waals surface area contributed by atoms with Gasteiger partial charge in [-0.15, -0.1) is 0 Å². The Kier molecular flexibility index (Phi) is 5.74. The first-order chi connectivity index (χ1) is 13.5. The van der Waals surface area contributed by atoms with E-state index in [2.05, 4.69) is 37.4 Å². The molecule has 29 heavy (non-hydrogen) atoms. The van der Waals surface area contributed by atoms with E-state index in [1.54, 1.807) is 18.0 Å². The summed E-state index contributed by atoms with van der Waals surface area (Å²) in [5.41, 5.74) is 4.50. The molecule has 0 aromatic carbocycles. The van der Waals surface area contributed by atoms with E-state index < -0.39 is 0 Å². The molecule has 2 heterocycles. The molecule has 0 radical (unpaired) electrons. The number of amides is 1. The SMILES string of the molecule is Cc1c(CC(=O)N(C)C(C)c2ccon2)c2c(n1CC(C)C)CC(C)(C)CC2=O.